The SMILES string of the molecule is O=C(CCCCCCCNC(=O)/C=C/c1cn([C@H]2C[C@@H](OP(=O)(O)O)[C@@H](CO)O2)c(=O)[nH]c1=O)CCCCC1SCC2NC(=O)NC21. The molecule has 0 radical (unpaired) electrons. The molecule has 0 aromatic carbocycles. The summed E-state index contributed by atoms with van der Waals surface area (Å²) in [6, 6.07) is 0.351. The van der Waals surface area contributed by atoms with Crippen molar-refractivity contribution >= 4 is 43.4 Å². The van der Waals surface area contributed by atoms with Crippen LogP contribution in [-0.4, -0.2) is 90.6 Å². The molecule has 16 nitrogen and oxygen atoms in total. The molecule has 7 N–H and O–H groups in total. The number of nitrogens with one attached hydrogen (secondary N) is 4. The van der Waals surface area contributed by atoms with Gasteiger partial charge in [-0.05, 0) is 31.8 Å². The van der Waals surface area contributed by atoms with E-state index in [4.69, 9.17) is 14.5 Å². The number of ketones is 1. The van der Waals surface area contributed by atoms with E-state index in [9.17, 15) is 33.6 Å². The van der Waals surface area contributed by atoms with Gasteiger partial charge >= 0.3 is 19.5 Å². The molecule has 3 aliphatic heterocycles. The highest BCUT2D eigenvalue weighted by Crippen LogP contribution is 2.43. The number of hydrogen-bond donors (Lipinski definition) is 7. The molecule has 262 valence electrons. The van der Waals surface area contributed by atoms with Crippen molar-refractivity contribution in [2.24, 2.45) is 0 Å². The molecule has 18 heteroatoms. The Kier molecular flexibility index (Phi) is 13.8. The van der Waals surface area contributed by atoms with E-state index in [1.54, 1.807) is 0 Å². The number of nitrogens with zero attached hydrogens (tertiary/aromatic N) is 1. The molecule has 1 aromatic rings. The number of aliphatic hydroxyl groups is 1. The maximum absolute atomic E-state index is 12.4. The number of H-pyrrole nitrogens is 1. The molecule has 0 spiro atoms. The van der Waals surface area contributed by atoms with Gasteiger partial charge in [0, 0.05) is 49.1 Å². The van der Waals surface area contributed by atoms with E-state index < -0.39 is 50.0 Å². The fourth-order valence-electron chi connectivity index (χ4n) is 6.01. The van der Waals surface area contributed by atoms with E-state index in [0.717, 1.165) is 74.0 Å². The lowest BCUT2D eigenvalue weighted by Gasteiger charge is -2.16. The number of fused-ring (bicyclic) bond motifs is 1. The fraction of sp³-hybridized carbons (Fsp3) is 0.690. The minimum Gasteiger partial charge on any atom is -0.394 e. The lowest BCUT2D eigenvalue weighted by molar-refractivity contribution is -0.119. The third-order valence-corrected chi connectivity index (χ3v) is 10.5. The first-order valence-electron chi connectivity index (χ1n) is 16.0. The average molecular weight is 702 g/mol. The van der Waals surface area contributed by atoms with Crippen molar-refractivity contribution in [3.05, 3.63) is 38.7 Å². The summed E-state index contributed by atoms with van der Waals surface area (Å²) in [5, 5.41) is 18.6. The minimum atomic E-state index is -4.88. The summed E-state index contributed by atoms with van der Waals surface area (Å²) in [5.41, 5.74) is -1.61. The van der Waals surface area contributed by atoms with Crippen molar-refractivity contribution in [2.45, 2.75) is 106 Å². The highest BCUT2D eigenvalue weighted by atomic mass is 32.2. The predicted molar refractivity (Wildman–Crippen MR) is 173 cm³/mol. The number of carbonyl (C=O) groups is 3. The molecule has 3 fully saturated rings. The van der Waals surface area contributed by atoms with E-state index in [2.05, 4.69) is 25.5 Å². The van der Waals surface area contributed by atoms with Crippen molar-refractivity contribution in [1.29, 1.82) is 0 Å². The van der Waals surface area contributed by atoms with E-state index in [-0.39, 0.29) is 35.9 Å². The molecular formula is C29H44N5O11PS. The van der Waals surface area contributed by atoms with Crippen molar-refractivity contribution in [2.75, 3.05) is 18.9 Å². The smallest absolute Gasteiger partial charge is 0.394 e. The number of rotatable bonds is 19. The van der Waals surface area contributed by atoms with Gasteiger partial charge in [0.1, 0.15) is 24.2 Å². The standard InChI is InChI=1S/C29H44N5O11PS/c35-16-22-21(45-46(41,42)43)14-25(44-22)34-15-18(27(38)33-29(34)40)11-12-24(37)30-13-7-3-1-2-4-8-19(36)9-5-6-10-23-26-20(17-47-23)31-28(39)32-26/h11-12,15,20-23,25-26,35H,1-10,13-14,16-17H2,(H,30,37)(H2,31,32,39)(H,33,38,40)(H2,41,42,43)/b12-11+/t20?,21-,22-,23?,25-,26?/m1/s1. The van der Waals surface area contributed by atoms with E-state index in [0.29, 0.717) is 24.6 Å². The van der Waals surface area contributed by atoms with Gasteiger partial charge in [0.2, 0.25) is 5.91 Å². The summed E-state index contributed by atoms with van der Waals surface area (Å²) in [6.07, 6.45) is 8.38. The van der Waals surface area contributed by atoms with Crippen LogP contribution in [0.1, 0.15) is 82.4 Å². The first-order chi connectivity index (χ1) is 22.4. The number of aromatic nitrogens is 2. The lowest BCUT2D eigenvalue weighted by atomic mass is 10.0. The molecule has 3 amide bonds. The molecule has 4 rings (SSSR count). The van der Waals surface area contributed by atoms with Crippen LogP contribution in [-0.2, 0) is 23.4 Å². The van der Waals surface area contributed by atoms with Gasteiger partial charge in [0.15, 0.2) is 0 Å². The second-order valence-electron chi connectivity index (χ2n) is 12.0. The molecule has 0 saturated carbocycles. The predicted octanol–water partition coefficient (Wildman–Crippen LogP) is 1.06. The van der Waals surface area contributed by atoms with Gasteiger partial charge in [0.05, 0.1) is 24.3 Å². The number of phosphoric acid groups is 1. The van der Waals surface area contributed by atoms with Crippen molar-refractivity contribution in [3.8, 4) is 0 Å². The number of amides is 3. The van der Waals surface area contributed by atoms with Crippen molar-refractivity contribution < 1.29 is 43.1 Å². The van der Waals surface area contributed by atoms with E-state index in [1.807, 2.05) is 11.8 Å². The summed E-state index contributed by atoms with van der Waals surface area (Å²) in [5.74, 6) is 0.793. The van der Waals surface area contributed by atoms with Gasteiger partial charge in [-0.2, -0.15) is 11.8 Å². The molecule has 3 aliphatic rings. The zero-order valence-electron chi connectivity index (χ0n) is 26.0. The Bertz CT molecular complexity index is 1450. The topological polar surface area (TPSA) is 238 Å². The van der Waals surface area contributed by atoms with Crippen molar-refractivity contribution in [3.63, 3.8) is 0 Å². The molecule has 3 unspecified atom stereocenters. The Hall–Kier alpha value is -2.79. The Morgan fingerprint density at radius 3 is 2.55 bits per heavy atom. The summed E-state index contributed by atoms with van der Waals surface area (Å²) in [4.78, 5) is 80.9. The van der Waals surface area contributed by atoms with Gasteiger partial charge in [-0.1, -0.05) is 25.7 Å². The monoisotopic (exact) mass is 701 g/mol. The number of Topliss-reactive ketones (excluding diaryl/α,β-unsaturated/α-hetero) is 1. The number of carbonyl (C=O) groups excluding carboxylic acids is 3. The first kappa shape index (κ1) is 37.0. The largest absolute Gasteiger partial charge is 0.469 e. The van der Waals surface area contributed by atoms with Gasteiger partial charge in [-0.3, -0.25) is 28.5 Å². The molecule has 1 aromatic heterocycles. The van der Waals surface area contributed by atoms with Gasteiger partial charge in [-0.15, -0.1) is 0 Å². The summed E-state index contributed by atoms with van der Waals surface area (Å²) in [7, 11) is -4.88. The fourth-order valence-corrected chi connectivity index (χ4v) is 8.12. The Morgan fingerprint density at radius 1 is 1.09 bits per heavy atom. The summed E-state index contributed by atoms with van der Waals surface area (Å²) < 4.78 is 22.4. The van der Waals surface area contributed by atoms with Crippen LogP contribution in [0.5, 0.6) is 0 Å². The van der Waals surface area contributed by atoms with Crippen LogP contribution in [0.25, 0.3) is 6.08 Å². The molecule has 47 heavy (non-hydrogen) atoms. The summed E-state index contributed by atoms with van der Waals surface area (Å²) >= 11 is 1.89. The van der Waals surface area contributed by atoms with Crippen LogP contribution >= 0.6 is 19.6 Å². The normalized spacial score (nSPS) is 25.6. The maximum Gasteiger partial charge on any atom is 0.469 e. The third kappa shape index (κ3) is 11.4. The number of phosphoric ester groups is 1. The van der Waals surface area contributed by atoms with Crippen LogP contribution in [0.2, 0.25) is 0 Å². The molecule has 6 atom stereocenters. The van der Waals surface area contributed by atoms with E-state index in [1.165, 1.54) is 6.08 Å². The lowest BCUT2D eigenvalue weighted by Crippen LogP contribution is -2.36. The Balaban J connectivity index is 1.07. The van der Waals surface area contributed by atoms with Crippen LogP contribution in [0.3, 0.4) is 0 Å². The van der Waals surface area contributed by atoms with Gasteiger partial charge in [-0.25, -0.2) is 14.2 Å². The highest BCUT2D eigenvalue weighted by Gasteiger charge is 2.43. The number of aliphatic hydroxyl groups excluding tert-OH is 1. The van der Waals surface area contributed by atoms with Gasteiger partial charge in [0.25, 0.3) is 5.56 Å². The number of unbranched alkanes of at least 4 members (excludes halogenated alkanes) is 5. The third-order valence-electron chi connectivity index (χ3n) is 8.42. The Labute approximate surface area is 275 Å². The number of urea groups is 1. The quantitative estimate of drug-likeness (QED) is 0.0464. The average Bonchev–Trinajstić information content (AvgIpc) is 3.69. The zero-order valence-corrected chi connectivity index (χ0v) is 27.7. The number of hydrogen-bond acceptors (Lipinski definition) is 10. The van der Waals surface area contributed by atoms with Crippen LogP contribution < -0.4 is 27.2 Å². The molecule has 4 heterocycles. The molecular weight excluding hydrogens is 657 g/mol. The maximum atomic E-state index is 12.4. The Morgan fingerprint density at radius 2 is 1.81 bits per heavy atom. The second kappa shape index (κ2) is 17.6. The molecule has 0 bridgehead atoms. The number of aromatic amines is 1. The van der Waals surface area contributed by atoms with Crippen LogP contribution in [0.15, 0.2) is 21.9 Å². The molecule has 0 aliphatic carbocycles. The van der Waals surface area contributed by atoms with Crippen molar-refractivity contribution in [1.82, 2.24) is 25.5 Å². The van der Waals surface area contributed by atoms with Crippen LogP contribution in [0.4, 0.5) is 4.79 Å². The zero-order chi connectivity index (χ0) is 34.0. The highest BCUT2D eigenvalue weighted by molar-refractivity contribution is 8.00. The molecule has 3 saturated heterocycles. The second-order valence-corrected chi connectivity index (χ2v) is 14.4. The van der Waals surface area contributed by atoms with Crippen LogP contribution in [0, 0.1) is 0 Å². The number of thioether (sulfide) groups is 1. The van der Waals surface area contributed by atoms with E-state index >= 15 is 0 Å². The number of ether oxygens (including phenoxy) is 1. The summed E-state index contributed by atoms with van der Waals surface area (Å²) in [6.45, 7) is -0.187. The minimum absolute atomic E-state index is 0.0274. The van der Waals surface area contributed by atoms with Gasteiger partial charge < -0.3 is 35.6 Å². The first-order valence-corrected chi connectivity index (χ1v) is 18.5.